The zero-order valence-electron chi connectivity index (χ0n) is 15.2. The molecule has 0 bridgehead atoms. The lowest BCUT2D eigenvalue weighted by Crippen LogP contribution is -2.37. The summed E-state index contributed by atoms with van der Waals surface area (Å²) in [6.07, 6.45) is 11.8. The number of nitrogens with zero attached hydrogens (tertiary/aromatic N) is 1. The van der Waals surface area contributed by atoms with Crippen LogP contribution in [0.5, 0.6) is 0 Å². The Morgan fingerprint density at radius 3 is 2.27 bits per heavy atom. The normalized spacial score (nSPS) is 17.6. The van der Waals surface area contributed by atoms with Crippen LogP contribution < -0.4 is 0 Å². The highest BCUT2D eigenvalue weighted by molar-refractivity contribution is 5.77. The molecule has 0 unspecified atom stereocenters. The molecule has 0 amide bonds. The van der Waals surface area contributed by atoms with Gasteiger partial charge in [-0.15, -0.1) is 0 Å². The fraction of sp³-hybridized carbons (Fsp3) is 0.947. The van der Waals surface area contributed by atoms with E-state index < -0.39 is 0 Å². The molecule has 0 aromatic heterocycles. The summed E-state index contributed by atoms with van der Waals surface area (Å²) in [5.74, 6) is 0.0934. The minimum absolute atomic E-state index is 0.0934. The predicted molar refractivity (Wildman–Crippen MR) is 93.0 cm³/mol. The van der Waals surface area contributed by atoms with Crippen molar-refractivity contribution in [3.05, 3.63) is 0 Å². The fourth-order valence-electron chi connectivity index (χ4n) is 3.64. The summed E-state index contributed by atoms with van der Waals surface area (Å²) in [6, 6.07) is 0. The third-order valence-corrected chi connectivity index (χ3v) is 5.29. The fourth-order valence-corrected chi connectivity index (χ4v) is 3.64. The molecular weight excluding hydrogens is 274 g/mol. The Labute approximate surface area is 137 Å². The van der Waals surface area contributed by atoms with Gasteiger partial charge in [0.05, 0.1) is 5.41 Å². The smallest absolute Gasteiger partial charge is 0.312 e. The second-order valence-electron chi connectivity index (χ2n) is 6.81. The third-order valence-electron chi connectivity index (χ3n) is 5.29. The van der Waals surface area contributed by atoms with Crippen molar-refractivity contribution in [1.29, 1.82) is 0 Å². The quantitative estimate of drug-likeness (QED) is 0.406. The number of likely N-dealkylation sites (N-methyl/N-ethyl adjacent to an activating group) is 1. The summed E-state index contributed by atoms with van der Waals surface area (Å²) in [5.41, 5.74) is -0.157. The number of hydrogen-bond acceptors (Lipinski definition) is 3. The van der Waals surface area contributed by atoms with Gasteiger partial charge in [0.25, 0.3) is 0 Å². The van der Waals surface area contributed by atoms with E-state index in [0.717, 1.165) is 38.9 Å². The average molecular weight is 312 g/mol. The van der Waals surface area contributed by atoms with Gasteiger partial charge >= 0.3 is 5.97 Å². The van der Waals surface area contributed by atoms with Crippen LogP contribution in [0.25, 0.3) is 0 Å². The van der Waals surface area contributed by atoms with Gasteiger partial charge in [-0.2, -0.15) is 0 Å². The molecule has 0 N–H and O–H groups in total. The van der Waals surface area contributed by atoms with Gasteiger partial charge in [0.2, 0.25) is 0 Å². The standard InChI is InChI=1S/C19H37NO2/c1-4-7-8-10-13-19(14-11-9-12-15-19)18(21)22-17-16-20(5-2)6-3/h4-17H2,1-3H3. The van der Waals surface area contributed by atoms with Crippen molar-refractivity contribution in [1.82, 2.24) is 4.90 Å². The largest absolute Gasteiger partial charge is 0.464 e. The molecule has 1 aliphatic rings. The van der Waals surface area contributed by atoms with E-state index in [2.05, 4.69) is 25.7 Å². The van der Waals surface area contributed by atoms with Gasteiger partial charge in [0.1, 0.15) is 6.61 Å². The Morgan fingerprint density at radius 1 is 1.00 bits per heavy atom. The van der Waals surface area contributed by atoms with E-state index in [1.807, 2.05) is 0 Å². The van der Waals surface area contributed by atoms with Crippen LogP contribution >= 0.6 is 0 Å². The van der Waals surface area contributed by atoms with E-state index in [1.165, 1.54) is 44.9 Å². The van der Waals surface area contributed by atoms with E-state index in [0.29, 0.717) is 6.61 Å². The van der Waals surface area contributed by atoms with Crippen molar-refractivity contribution in [2.75, 3.05) is 26.2 Å². The summed E-state index contributed by atoms with van der Waals surface area (Å²) in [7, 11) is 0. The molecule has 1 fully saturated rings. The number of rotatable bonds is 11. The minimum atomic E-state index is -0.157. The first-order chi connectivity index (χ1) is 10.7. The summed E-state index contributed by atoms with van der Waals surface area (Å²) in [5, 5.41) is 0. The molecule has 22 heavy (non-hydrogen) atoms. The van der Waals surface area contributed by atoms with E-state index in [-0.39, 0.29) is 11.4 Å². The number of esters is 1. The van der Waals surface area contributed by atoms with Crippen LogP contribution in [0.15, 0.2) is 0 Å². The molecule has 0 heterocycles. The van der Waals surface area contributed by atoms with Crippen LogP contribution in [0.1, 0.15) is 85.0 Å². The summed E-state index contributed by atoms with van der Waals surface area (Å²) in [4.78, 5) is 15.0. The number of hydrogen-bond donors (Lipinski definition) is 0. The van der Waals surface area contributed by atoms with E-state index in [9.17, 15) is 4.79 Å². The van der Waals surface area contributed by atoms with E-state index in [1.54, 1.807) is 0 Å². The highest BCUT2D eigenvalue weighted by Crippen LogP contribution is 2.41. The molecule has 3 nitrogen and oxygen atoms in total. The van der Waals surface area contributed by atoms with Crippen LogP contribution in [0.4, 0.5) is 0 Å². The average Bonchev–Trinajstić information content (AvgIpc) is 2.56. The van der Waals surface area contributed by atoms with Crippen molar-refractivity contribution in [2.45, 2.75) is 85.0 Å². The second-order valence-corrected chi connectivity index (χ2v) is 6.81. The van der Waals surface area contributed by atoms with Crippen LogP contribution in [0.2, 0.25) is 0 Å². The maximum absolute atomic E-state index is 12.7. The summed E-state index contributed by atoms with van der Waals surface area (Å²) in [6.45, 7) is 10.0. The van der Waals surface area contributed by atoms with Crippen LogP contribution in [-0.2, 0) is 9.53 Å². The molecule has 0 aromatic rings. The van der Waals surface area contributed by atoms with Crippen molar-refractivity contribution in [2.24, 2.45) is 5.41 Å². The molecule has 0 saturated heterocycles. The lowest BCUT2D eigenvalue weighted by atomic mass is 9.71. The highest BCUT2D eigenvalue weighted by Gasteiger charge is 2.40. The van der Waals surface area contributed by atoms with Crippen molar-refractivity contribution < 1.29 is 9.53 Å². The Hall–Kier alpha value is -0.570. The van der Waals surface area contributed by atoms with Crippen molar-refractivity contribution in [3.63, 3.8) is 0 Å². The van der Waals surface area contributed by atoms with Crippen LogP contribution in [0.3, 0.4) is 0 Å². The Balaban J connectivity index is 2.45. The van der Waals surface area contributed by atoms with Crippen molar-refractivity contribution >= 4 is 5.97 Å². The molecule has 1 rings (SSSR count). The monoisotopic (exact) mass is 311 g/mol. The maximum atomic E-state index is 12.7. The number of carbonyl (C=O) groups is 1. The van der Waals surface area contributed by atoms with Gasteiger partial charge in [0.15, 0.2) is 0 Å². The lowest BCUT2D eigenvalue weighted by molar-refractivity contribution is -0.159. The zero-order chi connectivity index (χ0) is 16.3. The molecule has 1 aliphatic carbocycles. The first kappa shape index (κ1) is 19.5. The molecule has 0 aliphatic heterocycles. The van der Waals surface area contributed by atoms with Crippen molar-refractivity contribution in [3.8, 4) is 0 Å². The van der Waals surface area contributed by atoms with E-state index >= 15 is 0 Å². The Kier molecular flexibility index (Phi) is 9.77. The van der Waals surface area contributed by atoms with Crippen LogP contribution in [0, 0.1) is 5.41 Å². The number of unbranched alkanes of at least 4 members (excludes halogenated alkanes) is 3. The lowest BCUT2D eigenvalue weighted by Gasteiger charge is -2.35. The van der Waals surface area contributed by atoms with Gasteiger partial charge < -0.3 is 9.64 Å². The molecule has 0 aromatic carbocycles. The van der Waals surface area contributed by atoms with E-state index in [4.69, 9.17) is 4.74 Å². The molecule has 0 spiro atoms. The first-order valence-corrected chi connectivity index (χ1v) is 9.58. The third kappa shape index (κ3) is 6.28. The van der Waals surface area contributed by atoms with Crippen LogP contribution in [-0.4, -0.2) is 37.1 Å². The Bertz CT molecular complexity index is 294. The highest BCUT2D eigenvalue weighted by atomic mass is 16.5. The van der Waals surface area contributed by atoms with Gasteiger partial charge in [-0.1, -0.05) is 65.7 Å². The van der Waals surface area contributed by atoms with Gasteiger partial charge in [-0.25, -0.2) is 0 Å². The molecule has 1 saturated carbocycles. The second kappa shape index (κ2) is 11.0. The molecule has 3 heteroatoms. The number of ether oxygens (including phenoxy) is 1. The molecular formula is C19H37NO2. The van der Waals surface area contributed by atoms with Gasteiger partial charge in [0, 0.05) is 6.54 Å². The zero-order valence-corrected chi connectivity index (χ0v) is 15.2. The van der Waals surface area contributed by atoms with Gasteiger partial charge in [-0.05, 0) is 32.4 Å². The maximum Gasteiger partial charge on any atom is 0.312 e. The summed E-state index contributed by atoms with van der Waals surface area (Å²) < 4.78 is 5.70. The topological polar surface area (TPSA) is 29.5 Å². The summed E-state index contributed by atoms with van der Waals surface area (Å²) >= 11 is 0. The molecule has 130 valence electrons. The molecule has 0 radical (unpaired) electrons. The molecule has 0 atom stereocenters. The van der Waals surface area contributed by atoms with Gasteiger partial charge in [-0.3, -0.25) is 4.79 Å². The minimum Gasteiger partial charge on any atom is -0.464 e. The SMILES string of the molecule is CCCCCCC1(C(=O)OCCN(CC)CC)CCCCC1. The number of carbonyl (C=O) groups excluding carboxylic acids is 1. The Morgan fingerprint density at radius 2 is 1.68 bits per heavy atom. The first-order valence-electron chi connectivity index (χ1n) is 9.58. The predicted octanol–water partition coefficient (Wildman–Crippen LogP) is 4.79.